The minimum absolute atomic E-state index is 0.103. The zero-order valence-corrected chi connectivity index (χ0v) is 23.4. The Labute approximate surface area is 236 Å². The van der Waals surface area contributed by atoms with Gasteiger partial charge in [0.15, 0.2) is 0 Å². The van der Waals surface area contributed by atoms with Crippen molar-refractivity contribution in [3.63, 3.8) is 0 Å². The maximum absolute atomic E-state index is 14.1. The Balaban J connectivity index is 1.61. The number of pyridine rings is 2. The highest BCUT2D eigenvalue weighted by Gasteiger charge is 2.23. The maximum atomic E-state index is 14.1. The van der Waals surface area contributed by atoms with E-state index in [9.17, 15) is 18.0 Å². The summed E-state index contributed by atoms with van der Waals surface area (Å²) in [6, 6.07) is 17.0. The molecule has 0 bridgehead atoms. The van der Waals surface area contributed by atoms with Crippen LogP contribution in [0.15, 0.2) is 77.9 Å². The van der Waals surface area contributed by atoms with E-state index in [1.54, 1.807) is 74.8 Å². The number of rotatable bonds is 6. The lowest BCUT2D eigenvalue weighted by molar-refractivity contribution is 0.0938. The Hall–Kier alpha value is -4.92. The van der Waals surface area contributed by atoms with Crippen molar-refractivity contribution in [1.29, 1.82) is 0 Å². The van der Waals surface area contributed by atoms with Crippen molar-refractivity contribution in [2.45, 2.75) is 19.9 Å². The molecule has 11 heteroatoms. The third kappa shape index (κ3) is 5.84. The highest BCUT2D eigenvalue weighted by molar-refractivity contribution is 7.88. The third-order valence-corrected chi connectivity index (χ3v) is 7.05. The molecule has 2 aromatic carbocycles. The molecule has 0 aliphatic carbocycles. The lowest BCUT2D eigenvalue weighted by Gasteiger charge is -2.20. The van der Waals surface area contributed by atoms with Crippen LogP contribution in [-0.2, 0) is 10.0 Å². The van der Waals surface area contributed by atoms with Gasteiger partial charge in [0.25, 0.3) is 11.5 Å². The first-order valence-corrected chi connectivity index (χ1v) is 14.6. The fourth-order valence-electron chi connectivity index (χ4n) is 4.51. The monoisotopic (exact) mass is 566 g/mol. The average molecular weight is 567 g/mol. The van der Waals surface area contributed by atoms with Crippen LogP contribution in [0.3, 0.4) is 0 Å². The number of aromatic nitrogens is 4. The predicted molar refractivity (Wildman–Crippen MR) is 157 cm³/mol. The first-order chi connectivity index (χ1) is 19.6. The second kappa shape index (κ2) is 11.3. The predicted octanol–water partition coefficient (Wildman–Crippen LogP) is 3.03. The van der Waals surface area contributed by atoms with Crippen LogP contribution in [0.2, 0.25) is 0 Å². The van der Waals surface area contributed by atoms with Crippen molar-refractivity contribution in [1.82, 2.24) is 29.6 Å². The molecule has 0 saturated heterocycles. The molecule has 2 N–H and O–H groups in total. The standard InChI is InChI=1S/C30H26N6O4S/c1-19-25(27-22(18-32-19)12-8-16-31-27)29(37)34-20(2)28-35-24-15-7-10-21(11-9-17-33-41(3,39)40)26(24)30(38)36(28)23-13-5-4-6-14-23/h4-8,10,12-16,18,20,33H,17H2,1-3H3,(H,34,37)/t20-/m1/s1. The third-order valence-electron chi connectivity index (χ3n) is 6.38. The molecule has 0 unspecified atom stereocenters. The molecular formula is C30H26N6O4S. The fraction of sp³-hybridized carbons (Fsp3) is 0.167. The lowest BCUT2D eigenvalue weighted by atomic mass is 10.1. The molecule has 3 heterocycles. The number of sulfonamides is 1. The molecule has 3 aromatic heterocycles. The number of amides is 1. The van der Waals surface area contributed by atoms with Gasteiger partial charge in [-0.2, -0.15) is 0 Å². The van der Waals surface area contributed by atoms with Gasteiger partial charge in [-0.3, -0.25) is 24.1 Å². The molecule has 0 fully saturated rings. The first-order valence-electron chi connectivity index (χ1n) is 12.7. The van der Waals surface area contributed by atoms with Crippen molar-refractivity contribution in [3.05, 3.63) is 106 Å². The average Bonchev–Trinajstić information content (AvgIpc) is 2.95. The van der Waals surface area contributed by atoms with Crippen LogP contribution in [-0.4, -0.2) is 46.6 Å². The van der Waals surface area contributed by atoms with E-state index in [2.05, 4.69) is 31.8 Å². The molecule has 0 radical (unpaired) electrons. The summed E-state index contributed by atoms with van der Waals surface area (Å²) in [6.45, 7) is 3.40. The molecule has 0 aliphatic heterocycles. The van der Waals surface area contributed by atoms with Gasteiger partial charge in [0.2, 0.25) is 10.0 Å². The van der Waals surface area contributed by atoms with Crippen molar-refractivity contribution in [2.75, 3.05) is 12.8 Å². The number of hydrogen-bond acceptors (Lipinski definition) is 7. The molecule has 0 saturated carbocycles. The van der Waals surface area contributed by atoms with E-state index in [-0.39, 0.29) is 17.5 Å². The minimum atomic E-state index is -3.41. The summed E-state index contributed by atoms with van der Waals surface area (Å²) in [4.78, 5) is 41.2. The second-order valence-corrected chi connectivity index (χ2v) is 11.2. The minimum Gasteiger partial charge on any atom is -0.342 e. The summed E-state index contributed by atoms with van der Waals surface area (Å²) in [7, 11) is -3.41. The second-order valence-electron chi connectivity index (χ2n) is 9.40. The zero-order chi connectivity index (χ0) is 29.1. The van der Waals surface area contributed by atoms with Gasteiger partial charge < -0.3 is 5.32 Å². The van der Waals surface area contributed by atoms with E-state index in [1.165, 1.54) is 4.57 Å². The van der Waals surface area contributed by atoms with Gasteiger partial charge >= 0.3 is 0 Å². The van der Waals surface area contributed by atoms with Gasteiger partial charge in [-0.05, 0) is 50.2 Å². The maximum Gasteiger partial charge on any atom is 0.267 e. The molecule has 206 valence electrons. The SMILES string of the molecule is Cc1ncc2cccnc2c1C(=O)N[C@H](C)c1nc2cccc(C#CCNS(C)(=O)=O)c2c(=O)n1-c1ccccc1. The Morgan fingerprint density at radius 2 is 1.83 bits per heavy atom. The quantitative estimate of drug-likeness (QED) is 0.302. The van der Waals surface area contributed by atoms with Crippen LogP contribution in [0.25, 0.3) is 27.5 Å². The number of para-hydroxylation sites is 1. The smallest absolute Gasteiger partial charge is 0.267 e. The number of fused-ring (bicyclic) bond motifs is 2. The number of hydrogen-bond donors (Lipinski definition) is 2. The van der Waals surface area contributed by atoms with E-state index in [4.69, 9.17) is 4.98 Å². The zero-order valence-electron chi connectivity index (χ0n) is 22.5. The van der Waals surface area contributed by atoms with Crippen LogP contribution < -0.4 is 15.6 Å². The van der Waals surface area contributed by atoms with Crippen LogP contribution in [0, 0.1) is 18.8 Å². The number of nitrogens with zero attached hydrogens (tertiary/aromatic N) is 4. The normalized spacial score (nSPS) is 12.1. The van der Waals surface area contributed by atoms with Gasteiger partial charge in [0.1, 0.15) is 5.82 Å². The number of aryl methyl sites for hydroxylation is 1. The van der Waals surface area contributed by atoms with Gasteiger partial charge in [-0.1, -0.05) is 36.1 Å². The van der Waals surface area contributed by atoms with Gasteiger partial charge in [-0.25, -0.2) is 18.1 Å². The van der Waals surface area contributed by atoms with Crippen molar-refractivity contribution in [3.8, 4) is 17.5 Å². The van der Waals surface area contributed by atoms with Crippen LogP contribution >= 0.6 is 0 Å². The molecule has 0 aliphatic rings. The molecule has 5 rings (SSSR count). The molecule has 0 spiro atoms. The van der Waals surface area contributed by atoms with E-state index < -0.39 is 22.0 Å². The molecule has 1 amide bonds. The summed E-state index contributed by atoms with van der Waals surface area (Å²) in [5, 5.41) is 4.00. The van der Waals surface area contributed by atoms with E-state index in [0.29, 0.717) is 39.4 Å². The summed E-state index contributed by atoms with van der Waals surface area (Å²) in [6.07, 6.45) is 4.34. The van der Waals surface area contributed by atoms with E-state index >= 15 is 0 Å². The summed E-state index contributed by atoms with van der Waals surface area (Å²) in [5.41, 5.74) is 2.41. The highest BCUT2D eigenvalue weighted by Crippen LogP contribution is 2.22. The topological polar surface area (TPSA) is 136 Å². The largest absolute Gasteiger partial charge is 0.342 e. The Kier molecular flexibility index (Phi) is 7.61. The number of carbonyl (C=O) groups is 1. The van der Waals surface area contributed by atoms with Crippen LogP contribution in [0.1, 0.15) is 40.4 Å². The molecule has 10 nitrogen and oxygen atoms in total. The Bertz CT molecular complexity index is 2030. The Morgan fingerprint density at radius 1 is 1.05 bits per heavy atom. The van der Waals surface area contributed by atoms with Crippen molar-refractivity contribution < 1.29 is 13.2 Å². The van der Waals surface area contributed by atoms with Crippen LogP contribution in [0.5, 0.6) is 0 Å². The van der Waals surface area contributed by atoms with Crippen LogP contribution in [0.4, 0.5) is 0 Å². The molecule has 1 atom stereocenters. The molecule has 41 heavy (non-hydrogen) atoms. The highest BCUT2D eigenvalue weighted by atomic mass is 32.2. The summed E-state index contributed by atoms with van der Waals surface area (Å²) < 4.78 is 26.5. The number of carbonyl (C=O) groups excluding carboxylic acids is 1. The van der Waals surface area contributed by atoms with Gasteiger partial charge in [0, 0.05) is 23.3 Å². The molecule has 5 aromatic rings. The molecular weight excluding hydrogens is 540 g/mol. The lowest BCUT2D eigenvalue weighted by Crippen LogP contribution is -2.34. The number of benzene rings is 2. The van der Waals surface area contributed by atoms with Gasteiger partial charge in [0.05, 0.1) is 52.2 Å². The van der Waals surface area contributed by atoms with E-state index in [0.717, 1.165) is 11.6 Å². The van der Waals surface area contributed by atoms with E-state index in [1.807, 2.05) is 12.1 Å². The van der Waals surface area contributed by atoms with Gasteiger partial charge in [-0.15, -0.1) is 0 Å². The Morgan fingerprint density at radius 3 is 2.59 bits per heavy atom. The van der Waals surface area contributed by atoms with Crippen molar-refractivity contribution in [2.24, 2.45) is 0 Å². The summed E-state index contributed by atoms with van der Waals surface area (Å²) >= 11 is 0. The van der Waals surface area contributed by atoms with Crippen molar-refractivity contribution >= 4 is 37.7 Å². The first kappa shape index (κ1) is 27.6. The summed E-state index contributed by atoms with van der Waals surface area (Å²) in [5.74, 6) is 5.58. The number of nitrogens with one attached hydrogen (secondary N) is 2. The fourth-order valence-corrected chi connectivity index (χ4v) is 4.85.